The van der Waals surface area contributed by atoms with E-state index in [1.807, 2.05) is 16.9 Å². The van der Waals surface area contributed by atoms with Gasteiger partial charge in [-0.15, -0.1) is 0 Å². The van der Waals surface area contributed by atoms with Crippen molar-refractivity contribution in [1.82, 2.24) is 20.1 Å². The summed E-state index contributed by atoms with van der Waals surface area (Å²) in [4.78, 5) is 17.6. The van der Waals surface area contributed by atoms with E-state index in [2.05, 4.69) is 60.5 Å². The molecule has 0 radical (unpaired) electrons. The summed E-state index contributed by atoms with van der Waals surface area (Å²) in [5.74, 6) is 0.0318. The zero-order chi connectivity index (χ0) is 21.4. The lowest BCUT2D eigenvalue weighted by Gasteiger charge is -2.22. The van der Waals surface area contributed by atoms with Crippen LogP contribution >= 0.6 is 0 Å². The summed E-state index contributed by atoms with van der Waals surface area (Å²) < 4.78 is 1.87. The standard InChI is InChI=1S/C26H28N4O/c1-17-8-11-19(12-9-17)25-22-15-27-23-13-10-18(2)14-21(23)26(22)30(29-25)16-24(31)28-20-6-4-3-5-7-20/h8-15,20H,3-7,16H2,1-2H3,(H,28,31). The molecule has 1 aliphatic carbocycles. The first-order chi connectivity index (χ1) is 15.1. The van der Waals surface area contributed by atoms with Crippen LogP contribution in [0.1, 0.15) is 43.2 Å². The molecular weight excluding hydrogens is 384 g/mol. The highest BCUT2D eigenvalue weighted by molar-refractivity contribution is 6.08. The number of hydrogen-bond donors (Lipinski definition) is 1. The molecule has 2 aromatic heterocycles. The summed E-state index contributed by atoms with van der Waals surface area (Å²) in [6, 6.07) is 14.9. The highest BCUT2D eigenvalue weighted by atomic mass is 16.2. The Balaban J connectivity index is 1.60. The maximum Gasteiger partial charge on any atom is 0.241 e. The molecule has 0 saturated heterocycles. The molecule has 2 aromatic carbocycles. The van der Waals surface area contributed by atoms with Gasteiger partial charge in [0, 0.05) is 28.6 Å². The molecule has 1 fully saturated rings. The molecule has 158 valence electrons. The predicted molar refractivity (Wildman–Crippen MR) is 125 cm³/mol. The van der Waals surface area contributed by atoms with Gasteiger partial charge in [-0.1, -0.05) is 60.7 Å². The maximum absolute atomic E-state index is 12.9. The van der Waals surface area contributed by atoms with Crippen molar-refractivity contribution in [2.24, 2.45) is 0 Å². The van der Waals surface area contributed by atoms with Gasteiger partial charge in [0.05, 0.1) is 11.0 Å². The van der Waals surface area contributed by atoms with E-state index in [1.165, 1.54) is 24.8 Å². The third-order valence-electron chi connectivity index (χ3n) is 6.32. The van der Waals surface area contributed by atoms with Crippen molar-refractivity contribution in [2.45, 2.75) is 58.5 Å². The third-order valence-corrected chi connectivity index (χ3v) is 6.32. The average molecular weight is 413 g/mol. The van der Waals surface area contributed by atoms with E-state index in [0.29, 0.717) is 6.04 Å². The molecule has 5 rings (SSSR count). The number of nitrogens with zero attached hydrogens (tertiary/aromatic N) is 3. The Hall–Kier alpha value is -3.21. The van der Waals surface area contributed by atoms with Gasteiger partial charge in [0.15, 0.2) is 0 Å². The second kappa shape index (κ2) is 8.14. The minimum absolute atomic E-state index is 0.0318. The molecule has 1 aliphatic rings. The Bertz CT molecular complexity index is 1250. The monoisotopic (exact) mass is 412 g/mol. The lowest BCUT2D eigenvalue weighted by molar-refractivity contribution is -0.122. The van der Waals surface area contributed by atoms with Crippen LogP contribution in [0.25, 0.3) is 33.1 Å². The van der Waals surface area contributed by atoms with Gasteiger partial charge in [-0.25, -0.2) is 0 Å². The molecule has 31 heavy (non-hydrogen) atoms. The number of carbonyl (C=O) groups excluding carboxylic acids is 1. The normalized spacial score (nSPS) is 14.9. The molecule has 1 saturated carbocycles. The minimum Gasteiger partial charge on any atom is -0.352 e. The van der Waals surface area contributed by atoms with Crippen molar-refractivity contribution in [3.8, 4) is 11.3 Å². The van der Waals surface area contributed by atoms with Gasteiger partial charge < -0.3 is 5.32 Å². The van der Waals surface area contributed by atoms with Crippen molar-refractivity contribution in [3.63, 3.8) is 0 Å². The first-order valence-corrected chi connectivity index (χ1v) is 11.2. The lowest BCUT2D eigenvalue weighted by atomic mass is 9.95. The zero-order valence-electron chi connectivity index (χ0n) is 18.2. The van der Waals surface area contributed by atoms with Gasteiger partial charge >= 0.3 is 0 Å². The number of nitrogens with one attached hydrogen (secondary N) is 1. The Morgan fingerprint density at radius 2 is 1.74 bits per heavy atom. The van der Waals surface area contributed by atoms with Crippen molar-refractivity contribution < 1.29 is 4.79 Å². The number of pyridine rings is 1. The summed E-state index contributed by atoms with van der Waals surface area (Å²) >= 11 is 0. The SMILES string of the molecule is Cc1ccc(-c2nn(CC(=O)NC3CCCCC3)c3c2cnc2ccc(C)cc23)cc1. The van der Waals surface area contributed by atoms with Gasteiger partial charge in [-0.2, -0.15) is 5.10 Å². The Morgan fingerprint density at radius 1 is 1.00 bits per heavy atom. The zero-order valence-corrected chi connectivity index (χ0v) is 18.2. The van der Waals surface area contributed by atoms with E-state index in [-0.39, 0.29) is 12.5 Å². The van der Waals surface area contributed by atoms with Crippen LogP contribution in [0.2, 0.25) is 0 Å². The van der Waals surface area contributed by atoms with Crippen molar-refractivity contribution in [2.75, 3.05) is 0 Å². The second-order valence-corrected chi connectivity index (χ2v) is 8.82. The molecule has 5 nitrogen and oxygen atoms in total. The highest BCUT2D eigenvalue weighted by Crippen LogP contribution is 2.32. The number of amides is 1. The number of rotatable bonds is 4. The molecule has 1 amide bonds. The summed E-state index contributed by atoms with van der Waals surface area (Å²) in [6.45, 7) is 4.37. The van der Waals surface area contributed by atoms with Gasteiger partial charge in [0.25, 0.3) is 0 Å². The quantitative estimate of drug-likeness (QED) is 0.494. The third kappa shape index (κ3) is 3.92. The fraction of sp³-hybridized carbons (Fsp3) is 0.346. The molecule has 1 N–H and O–H groups in total. The van der Waals surface area contributed by atoms with Crippen LogP contribution in [-0.2, 0) is 11.3 Å². The molecule has 0 aliphatic heterocycles. The van der Waals surface area contributed by atoms with E-state index < -0.39 is 0 Å². The van der Waals surface area contributed by atoms with E-state index in [4.69, 9.17) is 5.10 Å². The van der Waals surface area contributed by atoms with E-state index in [1.54, 1.807) is 0 Å². The first-order valence-electron chi connectivity index (χ1n) is 11.2. The molecule has 0 bridgehead atoms. The van der Waals surface area contributed by atoms with Crippen molar-refractivity contribution in [1.29, 1.82) is 0 Å². The second-order valence-electron chi connectivity index (χ2n) is 8.82. The number of aromatic nitrogens is 3. The van der Waals surface area contributed by atoms with Crippen LogP contribution in [0.5, 0.6) is 0 Å². The molecule has 5 heteroatoms. The molecule has 0 unspecified atom stereocenters. The Kier molecular flexibility index (Phi) is 5.18. The summed E-state index contributed by atoms with van der Waals surface area (Å²) in [5, 5.41) is 10.2. The highest BCUT2D eigenvalue weighted by Gasteiger charge is 2.20. The van der Waals surface area contributed by atoms with Gasteiger partial charge in [0.2, 0.25) is 5.91 Å². The van der Waals surface area contributed by atoms with Crippen LogP contribution in [0.3, 0.4) is 0 Å². The largest absolute Gasteiger partial charge is 0.352 e. The predicted octanol–water partition coefficient (Wildman–Crippen LogP) is 5.32. The summed E-state index contributed by atoms with van der Waals surface area (Å²) in [5.41, 5.74) is 6.18. The number of fused-ring (bicyclic) bond motifs is 3. The lowest BCUT2D eigenvalue weighted by Crippen LogP contribution is -2.38. The smallest absolute Gasteiger partial charge is 0.241 e. The topological polar surface area (TPSA) is 59.8 Å². The minimum atomic E-state index is 0.0318. The van der Waals surface area contributed by atoms with Crippen LogP contribution < -0.4 is 5.32 Å². The van der Waals surface area contributed by atoms with Crippen LogP contribution in [0, 0.1) is 13.8 Å². The number of benzene rings is 2. The fourth-order valence-corrected chi connectivity index (χ4v) is 4.66. The van der Waals surface area contributed by atoms with Crippen LogP contribution in [0.4, 0.5) is 0 Å². The van der Waals surface area contributed by atoms with E-state index in [9.17, 15) is 4.79 Å². The fourth-order valence-electron chi connectivity index (χ4n) is 4.66. The van der Waals surface area contributed by atoms with Gasteiger partial charge in [0.1, 0.15) is 12.2 Å². The van der Waals surface area contributed by atoms with E-state index >= 15 is 0 Å². The van der Waals surface area contributed by atoms with Crippen LogP contribution in [0.15, 0.2) is 48.7 Å². The number of hydrogen-bond acceptors (Lipinski definition) is 3. The molecule has 2 heterocycles. The van der Waals surface area contributed by atoms with Crippen molar-refractivity contribution >= 4 is 27.7 Å². The first kappa shape index (κ1) is 19.7. The molecule has 0 spiro atoms. The molecular formula is C26H28N4O. The number of carbonyl (C=O) groups is 1. The molecule has 0 atom stereocenters. The van der Waals surface area contributed by atoms with Gasteiger partial charge in [-0.05, 0) is 38.8 Å². The van der Waals surface area contributed by atoms with E-state index in [0.717, 1.165) is 51.5 Å². The van der Waals surface area contributed by atoms with Gasteiger partial charge in [-0.3, -0.25) is 14.5 Å². The maximum atomic E-state index is 12.9. The molecule has 4 aromatic rings. The van der Waals surface area contributed by atoms with Crippen molar-refractivity contribution in [3.05, 3.63) is 59.8 Å². The van der Waals surface area contributed by atoms with Crippen LogP contribution in [-0.4, -0.2) is 26.7 Å². The Labute approximate surface area is 182 Å². The average Bonchev–Trinajstić information content (AvgIpc) is 3.13. The Morgan fingerprint density at radius 3 is 2.52 bits per heavy atom. The summed E-state index contributed by atoms with van der Waals surface area (Å²) in [7, 11) is 0. The summed E-state index contributed by atoms with van der Waals surface area (Å²) in [6.07, 6.45) is 7.71. The number of aryl methyl sites for hydroxylation is 2.